The van der Waals surface area contributed by atoms with E-state index < -0.39 is 24.3 Å². The molecule has 0 bridgehead atoms. The van der Waals surface area contributed by atoms with Crippen LogP contribution in [0.25, 0.3) is 0 Å². The highest BCUT2D eigenvalue weighted by molar-refractivity contribution is 5.79. The van der Waals surface area contributed by atoms with Gasteiger partial charge in [-0.15, -0.1) is 0 Å². The van der Waals surface area contributed by atoms with Gasteiger partial charge in [0, 0.05) is 18.4 Å². The summed E-state index contributed by atoms with van der Waals surface area (Å²) < 4.78 is 39.3. The Kier molecular flexibility index (Phi) is 6.20. The monoisotopic (exact) mass is 330 g/mol. The molecule has 0 N–H and O–H groups in total. The SMILES string of the molecule is O=C(CCc1ccccc1)C[C@@H](C#Cc1ccccc1)C(F)(F)F. The van der Waals surface area contributed by atoms with Gasteiger partial charge in [-0.25, -0.2) is 0 Å². The highest BCUT2D eigenvalue weighted by Gasteiger charge is 2.39. The van der Waals surface area contributed by atoms with Gasteiger partial charge in [-0.05, 0) is 24.1 Å². The summed E-state index contributed by atoms with van der Waals surface area (Å²) >= 11 is 0. The fraction of sp³-hybridized carbons (Fsp3) is 0.250. The molecule has 0 aliphatic rings. The Morgan fingerprint density at radius 1 is 0.958 bits per heavy atom. The van der Waals surface area contributed by atoms with E-state index in [4.69, 9.17) is 0 Å². The van der Waals surface area contributed by atoms with Crippen molar-refractivity contribution in [3.63, 3.8) is 0 Å². The lowest BCUT2D eigenvalue weighted by atomic mass is 9.98. The molecule has 0 saturated carbocycles. The molecule has 0 spiro atoms. The van der Waals surface area contributed by atoms with Gasteiger partial charge in [0.05, 0.1) is 0 Å². The number of carbonyl (C=O) groups is 1. The molecule has 124 valence electrons. The van der Waals surface area contributed by atoms with E-state index in [1.807, 2.05) is 30.3 Å². The maximum atomic E-state index is 13.1. The number of hydrogen-bond donors (Lipinski definition) is 0. The summed E-state index contributed by atoms with van der Waals surface area (Å²) in [5.41, 5.74) is 1.44. The van der Waals surface area contributed by atoms with Gasteiger partial charge in [0.1, 0.15) is 11.7 Å². The second-order valence-electron chi connectivity index (χ2n) is 5.46. The van der Waals surface area contributed by atoms with Crippen LogP contribution in [0.5, 0.6) is 0 Å². The van der Waals surface area contributed by atoms with Crippen LogP contribution in [-0.4, -0.2) is 12.0 Å². The van der Waals surface area contributed by atoms with Gasteiger partial charge in [-0.1, -0.05) is 60.4 Å². The molecule has 0 radical (unpaired) electrons. The molecule has 2 rings (SSSR count). The molecule has 24 heavy (non-hydrogen) atoms. The molecule has 0 aliphatic heterocycles. The zero-order chi connectivity index (χ0) is 17.4. The third-order valence-corrected chi connectivity index (χ3v) is 3.53. The van der Waals surface area contributed by atoms with Crippen molar-refractivity contribution in [2.45, 2.75) is 25.4 Å². The van der Waals surface area contributed by atoms with Crippen LogP contribution in [0.3, 0.4) is 0 Å². The van der Waals surface area contributed by atoms with Crippen LogP contribution in [0.15, 0.2) is 60.7 Å². The van der Waals surface area contributed by atoms with Crippen LogP contribution >= 0.6 is 0 Å². The van der Waals surface area contributed by atoms with Crippen molar-refractivity contribution in [3.8, 4) is 11.8 Å². The Morgan fingerprint density at radius 2 is 1.54 bits per heavy atom. The Balaban J connectivity index is 1.99. The van der Waals surface area contributed by atoms with Crippen molar-refractivity contribution >= 4 is 5.78 Å². The van der Waals surface area contributed by atoms with E-state index in [2.05, 4.69) is 11.8 Å². The molecule has 0 unspecified atom stereocenters. The van der Waals surface area contributed by atoms with Crippen molar-refractivity contribution in [3.05, 3.63) is 71.8 Å². The highest BCUT2D eigenvalue weighted by Crippen LogP contribution is 2.29. The third-order valence-electron chi connectivity index (χ3n) is 3.53. The van der Waals surface area contributed by atoms with Crippen LogP contribution in [0.2, 0.25) is 0 Å². The van der Waals surface area contributed by atoms with Gasteiger partial charge in [-0.2, -0.15) is 13.2 Å². The summed E-state index contributed by atoms with van der Waals surface area (Å²) in [5.74, 6) is 2.36. The maximum absolute atomic E-state index is 13.1. The van der Waals surface area contributed by atoms with Crippen molar-refractivity contribution in [2.75, 3.05) is 0 Å². The number of Topliss-reactive ketones (excluding diaryl/α,β-unsaturated/α-hetero) is 1. The summed E-state index contributed by atoms with van der Waals surface area (Å²) in [6.45, 7) is 0. The largest absolute Gasteiger partial charge is 0.402 e. The quantitative estimate of drug-likeness (QED) is 0.719. The van der Waals surface area contributed by atoms with E-state index in [0.717, 1.165) is 5.56 Å². The first-order valence-electron chi connectivity index (χ1n) is 7.64. The first kappa shape index (κ1) is 17.8. The first-order chi connectivity index (χ1) is 11.4. The van der Waals surface area contributed by atoms with Gasteiger partial charge in [0.2, 0.25) is 0 Å². The molecule has 2 aromatic rings. The van der Waals surface area contributed by atoms with Crippen LogP contribution in [-0.2, 0) is 11.2 Å². The minimum atomic E-state index is -4.51. The first-order valence-corrected chi connectivity index (χ1v) is 7.64. The molecule has 0 aromatic heterocycles. The van der Waals surface area contributed by atoms with E-state index in [1.165, 1.54) is 0 Å². The van der Waals surface area contributed by atoms with Gasteiger partial charge in [-0.3, -0.25) is 4.79 Å². The Morgan fingerprint density at radius 3 is 2.12 bits per heavy atom. The average molecular weight is 330 g/mol. The molecular formula is C20H17F3O. The molecule has 0 saturated heterocycles. The van der Waals surface area contributed by atoms with Crippen molar-refractivity contribution in [2.24, 2.45) is 5.92 Å². The van der Waals surface area contributed by atoms with Gasteiger partial charge in [0.15, 0.2) is 0 Å². The summed E-state index contributed by atoms with van der Waals surface area (Å²) in [4.78, 5) is 11.9. The van der Waals surface area contributed by atoms with Crippen molar-refractivity contribution in [1.29, 1.82) is 0 Å². The minimum absolute atomic E-state index is 0.0869. The zero-order valence-corrected chi connectivity index (χ0v) is 13.0. The van der Waals surface area contributed by atoms with Gasteiger partial charge < -0.3 is 0 Å². The molecule has 2 aromatic carbocycles. The number of ketones is 1. The van der Waals surface area contributed by atoms with Gasteiger partial charge >= 0.3 is 6.18 Å². The fourth-order valence-electron chi connectivity index (χ4n) is 2.20. The lowest BCUT2D eigenvalue weighted by Crippen LogP contribution is -2.24. The normalized spacial score (nSPS) is 12.1. The van der Waals surface area contributed by atoms with Crippen LogP contribution < -0.4 is 0 Å². The Hall–Kier alpha value is -2.54. The second-order valence-corrected chi connectivity index (χ2v) is 5.46. The molecule has 0 amide bonds. The topological polar surface area (TPSA) is 17.1 Å². The van der Waals surface area contributed by atoms with Crippen molar-refractivity contribution in [1.82, 2.24) is 0 Å². The van der Waals surface area contributed by atoms with Gasteiger partial charge in [0.25, 0.3) is 0 Å². The highest BCUT2D eigenvalue weighted by atomic mass is 19.4. The predicted molar refractivity (Wildman–Crippen MR) is 87.3 cm³/mol. The lowest BCUT2D eigenvalue weighted by molar-refractivity contribution is -0.163. The van der Waals surface area contributed by atoms with E-state index in [-0.39, 0.29) is 6.42 Å². The summed E-state index contributed by atoms with van der Waals surface area (Å²) in [6, 6.07) is 17.7. The number of carbonyl (C=O) groups excluding carboxylic acids is 1. The number of aryl methyl sites for hydroxylation is 1. The Bertz CT molecular complexity index is 709. The molecular weight excluding hydrogens is 313 g/mol. The maximum Gasteiger partial charge on any atom is 0.402 e. The second kappa shape index (κ2) is 8.35. The van der Waals surface area contributed by atoms with E-state index in [1.54, 1.807) is 30.3 Å². The summed E-state index contributed by atoms with van der Waals surface area (Å²) in [5, 5.41) is 0. The van der Waals surface area contributed by atoms with Crippen LogP contribution in [0.4, 0.5) is 13.2 Å². The fourth-order valence-corrected chi connectivity index (χ4v) is 2.20. The molecule has 1 atom stereocenters. The Labute approximate surface area is 139 Å². The van der Waals surface area contributed by atoms with Crippen molar-refractivity contribution < 1.29 is 18.0 Å². The van der Waals surface area contributed by atoms with Crippen LogP contribution in [0.1, 0.15) is 24.0 Å². The van der Waals surface area contributed by atoms with E-state index >= 15 is 0 Å². The van der Waals surface area contributed by atoms with E-state index in [0.29, 0.717) is 12.0 Å². The average Bonchev–Trinajstić information content (AvgIpc) is 2.57. The van der Waals surface area contributed by atoms with Crippen LogP contribution in [0, 0.1) is 17.8 Å². The molecule has 4 heteroatoms. The summed E-state index contributed by atoms with van der Waals surface area (Å²) in [6.07, 6.45) is -4.58. The minimum Gasteiger partial charge on any atom is -0.300 e. The van der Waals surface area contributed by atoms with E-state index in [9.17, 15) is 18.0 Å². The number of rotatable bonds is 5. The molecule has 0 fully saturated rings. The molecule has 0 heterocycles. The predicted octanol–water partition coefficient (Wildman–Crippen LogP) is 4.81. The molecule has 0 aliphatic carbocycles. The lowest BCUT2D eigenvalue weighted by Gasteiger charge is -2.14. The summed E-state index contributed by atoms with van der Waals surface area (Å²) in [7, 11) is 0. The molecule has 1 nitrogen and oxygen atoms in total. The number of hydrogen-bond acceptors (Lipinski definition) is 1. The smallest absolute Gasteiger partial charge is 0.300 e. The third kappa shape index (κ3) is 5.92. The number of benzene rings is 2. The zero-order valence-electron chi connectivity index (χ0n) is 13.0. The number of halogens is 3. The standard InChI is InChI=1S/C20H17F3O/c21-20(22,23)18(13-11-16-7-3-1-4-8-16)15-19(24)14-12-17-9-5-2-6-10-17/h1-10,18H,12,14-15H2/t18-/m1/s1. The number of alkyl halides is 3.